The Morgan fingerprint density at radius 1 is 1.31 bits per heavy atom. The summed E-state index contributed by atoms with van der Waals surface area (Å²) in [6, 6.07) is 0. The zero-order chi connectivity index (χ0) is 10.3. The molecule has 0 spiro atoms. The van der Waals surface area contributed by atoms with Crippen LogP contribution in [0.3, 0.4) is 0 Å². The highest BCUT2D eigenvalue weighted by Gasteiger charge is 2.23. The van der Waals surface area contributed by atoms with Gasteiger partial charge in [0.1, 0.15) is 5.78 Å². The van der Waals surface area contributed by atoms with Crippen LogP contribution < -0.4 is 0 Å². The van der Waals surface area contributed by atoms with E-state index in [0.29, 0.717) is 11.7 Å². The fourth-order valence-corrected chi connectivity index (χ4v) is 2.03. The van der Waals surface area contributed by atoms with Crippen molar-refractivity contribution in [2.45, 2.75) is 59.8 Å². The third-order valence-electron chi connectivity index (χ3n) is 2.94. The number of Topliss-reactive ketones (excluding diaryl/α,β-unsaturated/α-hetero) is 1. The normalized spacial score (nSPS) is 27.4. The number of rotatable bonds is 2. The van der Waals surface area contributed by atoms with E-state index in [1.165, 1.54) is 19.3 Å². The van der Waals surface area contributed by atoms with Crippen molar-refractivity contribution in [2.24, 2.45) is 11.8 Å². The molecule has 1 aliphatic carbocycles. The van der Waals surface area contributed by atoms with Gasteiger partial charge in [-0.2, -0.15) is 0 Å². The molecule has 0 N–H and O–H groups in total. The zero-order valence-corrected chi connectivity index (χ0v) is 9.60. The smallest absolute Gasteiger partial charge is 0.132 e. The fourth-order valence-electron chi connectivity index (χ4n) is 2.03. The maximum absolute atomic E-state index is 11.1. The molecule has 0 aromatic carbocycles. The van der Waals surface area contributed by atoms with E-state index in [0.717, 1.165) is 18.8 Å². The van der Waals surface area contributed by atoms with Crippen molar-refractivity contribution >= 4 is 5.78 Å². The van der Waals surface area contributed by atoms with E-state index in [-0.39, 0.29) is 0 Å². The quantitative estimate of drug-likeness (QED) is 0.637. The van der Waals surface area contributed by atoms with Crippen LogP contribution in [-0.4, -0.2) is 5.78 Å². The molecule has 0 bridgehead atoms. The van der Waals surface area contributed by atoms with E-state index in [9.17, 15) is 4.79 Å². The first-order valence-corrected chi connectivity index (χ1v) is 5.74. The summed E-state index contributed by atoms with van der Waals surface area (Å²) in [5.41, 5.74) is 0. The van der Waals surface area contributed by atoms with Gasteiger partial charge in [-0.05, 0) is 25.7 Å². The number of hydrogen-bond acceptors (Lipinski definition) is 1. The maximum atomic E-state index is 11.1. The summed E-state index contributed by atoms with van der Waals surface area (Å²) in [4.78, 5) is 11.1. The average Bonchev–Trinajstić information content (AvgIpc) is 2.21. The molecule has 0 aromatic heterocycles. The first-order valence-electron chi connectivity index (χ1n) is 5.74. The standard InChI is InChI=1S/C10H18O.C2H6/c1-3-9-5-4-6-10(7-9)8(2)11;1-2/h9-10H,3-7H2,1-2H3;1-2H3. The summed E-state index contributed by atoms with van der Waals surface area (Å²) in [5, 5.41) is 0. The number of carbonyl (C=O) groups excluding carboxylic acids is 1. The molecule has 0 radical (unpaired) electrons. The van der Waals surface area contributed by atoms with Crippen molar-refractivity contribution in [3.8, 4) is 0 Å². The van der Waals surface area contributed by atoms with Gasteiger partial charge in [0.2, 0.25) is 0 Å². The summed E-state index contributed by atoms with van der Waals surface area (Å²) in [6.45, 7) is 7.97. The van der Waals surface area contributed by atoms with Crippen LogP contribution in [0.4, 0.5) is 0 Å². The first kappa shape index (κ1) is 12.7. The summed E-state index contributed by atoms with van der Waals surface area (Å²) >= 11 is 0. The second kappa shape index (κ2) is 7.11. The Balaban J connectivity index is 0.000000671. The molecule has 1 saturated carbocycles. The van der Waals surface area contributed by atoms with Crippen LogP contribution in [-0.2, 0) is 4.79 Å². The largest absolute Gasteiger partial charge is 0.300 e. The monoisotopic (exact) mass is 184 g/mol. The van der Waals surface area contributed by atoms with Gasteiger partial charge in [0.05, 0.1) is 0 Å². The van der Waals surface area contributed by atoms with E-state index in [1.54, 1.807) is 6.92 Å². The molecule has 1 rings (SSSR count). The maximum Gasteiger partial charge on any atom is 0.132 e. The predicted molar refractivity (Wildman–Crippen MR) is 57.8 cm³/mol. The molecule has 0 amide bonds. The van der Waals surface area contributed by atoms with Crippen molar-refractivity contribution in [2.75, 3.05) is 0 Å². The molecule has 1 nitrogen and oxygen atoms in total. The van der Waals surface area contributed by atoms with Gasteiger partial charge in [0, 0.05) is 5.92 Å². The van der Waals surface area contributed by atoms with E-state index in [1.807, 2.05) is 13.8 Å². The molecule has 0 saturated heterocycles. The zero-order valence-electron chi connectivity index (χ0n) is 9.60. The molecule has 0 heterocycles. The van der Waals surface area contributed by atoms with Crippen LogP contribution in [0.15, 0.2) is 0 Å². The Hall–Kier alpha value is -0.330. The highest BCUT2D eigenvalue weighted by atomic mass is 16.1. The SMILES string of the molecule is CC.CCC1CCCC(C(C)=O)C1. The van der Waals surface area contributed by atoms with Crippen molar-refractivity contribution in [3.05, 3.63) is 0 Å². The minimum absolute atomic E-state index is 0.397. The summed E-state index contributed by atoms with van der Waals surface area (Å²) in [6.07, 6.45) is 6.17. The summed E-state index contributed by atoms with van der Waals surface area (Å²) in [5.74, 6) is 1.63. The van der Waals surface area contributed by atoms with Crippen molar-refractivity contribution in [1.82, 2.24) is 0 Å². The van der Waals surface area contributed by atoms with Crippen LogP contribution in [0.5, 0.6) is 0 Å². The number of carbonyl (C=O) groups is 1. The molecular formula is C12H24O. The van der Waals surface area contributed by atoms with Gasteiger partial charge in [-0.3, -0.25) is 4.79 Å². The van der Waals surface area contributed by atoms with Gasteiger partial charge >= 0.3 is 0 Å². The Morgan fingerprint density at radius 2 is 1.92 bits per heavy atom. The lowest BCUT2D eigenvalue weighted by Crippen LogP contribution is -2.20. The van der Waals surface area contributed by atoms with Crippen LogP contribution in [0, 0.1) is 11.8 Å². The third-order valence-corrected chi connectivity index (χ3v) is 2.94. The first-order chi connectivity index (χ1) is 6.24. The number of hydrogen-bond donors (Lipinski definition) is 0. The average molecular weight is 184 g/mol. The van der Waals surface area contributed by atoms with Crippen LogP contribution in [0.2, 0.25) is 0 Å². The van der Waals surface area contributed by atoms with Gasteiger partial charge in [-0.1, -0.05) is 40.0 Å². The molecule has 0 aliphatic heterocycles. The summed E-state index contributed by atoms with van der Waals surface area (Å²) < 4.78 is 0. The fraction of sp³-hybridized carbons (Fsp3) is 0.917. The second-order valence-corrected chi connectivity index (χ2v) is 3.75. The molecule has 1 heteroatoms. The molecule has 0 aromatic rings. The Bertz CT molecular complexity index is 140. The van der Waals surface area contributed by atoms with Gasteiger partial charge in [-0.25, -0.2) is 0 Å². The molecule has 13 heavy (non-hydrogen) atoms. The molecule has 2 atom stereocenters. The third kappa shape index (κ3) is 4.44. The van der Waals surface area contributed by atoms with Gasteiger partial charge < -0.3 is 0 Å². The van der Waals surface area contributed by atoms with Crippen molar-refractivity contribution in [1.29, 1.82) is 0 Å². The van der Waals surface area contributed by atoms with E-state index in [2.05, 4.69) is 6.92 Å². The van der Waals surface area contributed by atoms with E-state index in [4.69, 9.17) is 0 Å². The predicted octanol–water partition coefficient (Wildman–Crippen LogP) is 3.82. The summed E-state index contributed by atoms with van der Waals surface area (Å²) in [7, 11) is 0. The van der Waals surface area contributed by atoms with Crippen LogP contribution >= 0.6 is 0 Å². The molecule has 1 aliphatic rings. The second-order valence-electron chi connectivity index (χ2n) is 3.75. The Kier molecular flexibility index (Phi) is 6.93. The minimum Gasteiger partial charge on any atom is -0.300 e. The lowest BCUT2D eigenvalue weighted by atomic mass is 9.79. The Morgan fingerprint density at radius 3 is 2.38 bits per heavy atom. The molecule has 78 valence electrons. The van der Waals surface area contributed by atoms with E-state index >= 15 is 0 Å². The topological polar surface area (TPSA) is 17.1 Å². The van der Waals surface area contributed by atoms with E-state index < -0.39 is 0 Å². The molecule has 1 fully saturated rings. The van der Waals surface area contributed by atoms with Gasteiger partial charge in [-0.15, -0.1) is 0 Å². The number of ketones is 1. The lowest BCUT2D eigenvalue weighted by molar-refractivity contribution is -0.122. The molecule has 2 unspecified atom stereocenters. The van der Waals surface area contributed by atoms with Crippen LogP contribution in [0.25, 0.3) is 0 Å². The Labute approximate surface area is 82.9 Å². The van der Waals surface area contributed by atoms with Crippen molar-refractivity contribution in [3.63, 3.8) is 0 Å². The van der Waals surface area contributed by atoms with Gasteiger partial charge in [0.15, 0.2) is 0 Å². The lowest BCUT2D eigenvalue weighted by Gasteiger charge is -2.26. The van der Waals surface area contributed by atoms with Crippen molar-refractivity contribution < 1.29 is 4.79 Å². The highest BCUT2D eigenvalue weighted by Crippen LogP contribution is 2.31. The van der Waals surface area contributed by atoms with Crippen LogP contribution in [0.1, 0.15) is 59.8 Å². The highest BCUT2D eigenvalue weighted by molar-refractivity contribution is 5.78. The minimum atomic E-state index is 0.397. The van der Waals surface area contributed by atoms with Gasteiger partial charge in [0.25, 0.3) is 0 Å². The molecular weight excluding hydrogens is 160 g/mol.